The minimum atomic E-state index is -3.18. The Morgan fingerprint density at radius 1 is 1.25 bits per heavy atom. The molecular weight excluding hydrogens is 420 g/mol. The summed E-state index contributed by atoms with van der Waals surface area (Å²) in [6, 6.07) is 0.0745. The van der Waals surface area contributed by atoms with E-state index in [-0.39, 0.29) is 23.9 Å². The molecule has 1 aromatic rings. The largest absolute Gasteiger partial charge is 0.324 e. The lowest BCUT2D eigenvalue weighted by Crippen LogP contribution is -2.54. The van der Waals surface area contributed by atoms with Gasteiger partial charge in [-0.25, -0.2) is 22.5 Å². The van der Waals surface area contributed by atoms with E-state index in [1.54, 1.807) is 11.2 Å². The number of piperidine rings is 1. The number of sulfonamides is 1. The third-order valence-corrected chi connectivity index (χ3v) is 8.79. The van der Waals surface area contributed by atoms with Crippen LogP contribution in [0.15, 0.2) is 6.20 Å². The van der Waals surface area contributed by atoms with Gasteiger partial charge in [-0.15, -0.1) is 0 Å². The zero-order valence-electron chi connectivity index (χ0n) is 16.4. The highest BCUT2D eigenvalue weighted by Crippen LogP contribution is 2.32. The molecule has 0 aromatic carbocycles. The summed E-state index contributed by atoms with van der Waals surface area (Å²) < 4.78 is 26.4. The number of halogens is 1. The van der Waals surface area contributed by atoms with Gasteiger partial charge in [0.25, 0.3) is 0 Å². The van der Waals surface area contributed by atoms with E-state index in [4.69, 9.17) is 11.6 Å². The SMILES string of the molecule is CCS(=O)(=O)N1CCC(N(C(=O)Nc2ncc(Cl)s2)[C@H]2CC[C@H](C)CC2)CC1. The maximum absolute atomic E-state index is 13.1. The van der Waals surface area contributed by atoms with Crippen molar-refractivity contribution in [3.63, 3.8) is 0 Å². The van der Waals surface area contributed by atoms with Crippen LogP contribution in [-0.4, -0.2) is 59.6 Å². The summed E-state index contributed by atoms with van der Waals surface area (Å²) >= 11 is 7.18. The second-order valence-electron chi connectivity index (χ2n) is 7.75. The average molecular weight is 449 g/mol. The number of carbonyl (C=O) groups excluding carboxylic acids is 1. The fourth-order valence-electron chi connectivity index (χ4n) is 4.20. The number of anilines is 1. The highest BCUT2D eigenvalue weighted by Gasteiger charge is 2.36. The Balaban J connectivity index is 1.72. The molecule has 2 fully saturated rings. The number of nitrogens with zero attached hydrogens (tertiary/aromatic N) is 3. The molecule has 7 nitrogen and oxygen atoms in total. The first-order valence-electron chi connectivity index (χ1n) is 9.98. The van der Waals surface area contributed by atoms with Crippen LogP contribution in [0.25, 0.3) is 0 Å². The number of urea groups is 1. The minimum absolute atomic E-state index is 0.0390. The summed E-state index contributed by atoms with van der Waals surface area (Å²) in [6.45, 7) is 4.86. The van der Waals surface area contributed by atoms with Crippen LogP contribution in [0.2, 0.25) is 4.34 Å². The second-order valence-corrected chi connectivity index (χ2v) is 11.7. The normalized spacial score (nSPS) is 24.8. The summed E-state index contributed by atoms with van der Waals surface area (Å²) in [5.74, 6) is 0.808. The van der Waals surface area contributed by atoms with Gasteiger partial charge in [0.05, 0.1) is 11.9 Å². The van der Waals surface area contributed by atoms with E-state index in [1.165, 1.54) is 17.5 Å². The Hall–Kier alpha value is -0.900. The molecule has 1 aliphatic carbocycles. The van der Waals surface area contributed by atoms with Crippen LogP contribution in [0, 0.1) is 5.92 Å². The summed E-state index contributed by atoms with van der Waals surface area (Å²) in [5, 5.41) is 3.39. The molecule has 2 amide bonds. The van der Waals surface area contributed by atoms with Crippen LogP contribution in [0.5, 0.6) is 0 Å². The summed E-state index contributed by atoms with van der Waals surface area (Å²) in [6.07, 6.45) is 7.06. The second kappa shape index (κ2) is 9.28. The maximum atomic E-state index is 13.1. The van der Waals surface area contributed by atoms with Crippen molar-refractivity contribution in [3.05, 3.63) is 10.5 Å². The first-order chi connectivity index (χ1) is 13.3. The van der Waals surface area contributed by atoms with Crippen molar-refractivity contribution in [1.82, 2.24) is 14.2 Å². The van der Waals surface area contributed by atoms with E-state index in [0.717, 1.165) is 25.7 Å². The molecule has 0 radical (unpaired) electrons. The molecule has 2 aliphatic rings. The van der Waals surface area contributed by atoms with Crippen molar-refractivity contribution >= 4 is 44.1 Å². The standard InChI is InChI=1S/C18H29ClN4O3S2/c1-3-28(25,26)22-10-8-15(9-11-22)23(14-6-4-13(2)5-7-14)18(24)21-17-20-12-16(19)27-17/h12-15H,3-11H2,1-2H3,(H,20,21,24)/t13-,14-. The van der Waals surface area contributed by atoms with Crippen LogP contribution in [-0.2, 0) is 10.0 Å². The number of hydrogen-bond acceptors (Lipinski definition) is 5. The number of carbonyl (C=O) groups is 1. The molecule has 158 valence electrons. The molecule has 28 heavy (non-hydrogen) atoms. The van der Waals surface area contributed by atoms with E-state index in [1.807, 2.05) is 4.90 Å². The Kier molecular flexibility index (Phi) is 7.22. The molecule has 0 atom stereocenters. The quantitative estimate of drug-likeness (QED) is 0.737. The molecule has 0 unspecified atom stereocenters. The number of thiazole rings is 1. The Morgan fingerprint density at radius 3 is 2.39 bits per heavy atom. The lowest BCUT2D eigenvalue weighted by atomic mass is 9.85. The molecule has 3 rings (SSSR count). The topological polar surface area (TPSA) is 82.6 Å². The van der Waals surface area contributed by atoms with Gasteiger partial charge in [0.1, 0.15) is 4.34 Å². The van der Waals surface area contributed by atoms with Crippen molar-refractivity contribution < 1.29 is 13.2 Å². The lowest BCUT2D eigenvalue weighted by Gasteiger charge is -2.43. The van der Waals surface area contributed by atoms with Gasteiger partial charge < -0.3 is 4.90 Å². The zero-order valence-corrected chi connectivity index (χ0v) is 18.8. The van der Waals surface area contributed by atoms with Crippen molar-refractivity contribution in [2.75, 3.05) is 24.2 Å². The number of nitrogens with one attached hydrogen (secondary N) is 1. The number of hydrogen-bond donors (Lipinski definition) is 1. The van der Waals surface area contributed by atoms with E-state index in [9.17, 15) is 13.2 Å². The number of rotatable bonds is 5. The zero-order chi connectivity index (χ0) is 20.3. The van der Waals surface area contributed by atoms with Crippen LogP contribution in [0.3, 0.4) is 0 Å². The monoisotopic (exact) mass is 448 g/mol. The minimum Gasteiger partial charge on any atom is -0.318 e. The van der Waals surface area contributed by atoms with Gasteiger partial charge >= 0.3 is 6.03 Å². The molecular formula is C18H29ClN4O3S2. The molecule has 1 aliphatic heterocycles. The summed E-state index contributed by atoms with van der Waals surface area (Å²) in [5.41, 5.74) is 0. The van der Waals surface area contributed by atoms with Gasteiger partial charge in [0.2, 0.25) is 10.0 Å². The number of amides is 2. The Morgan fingerprint density at radius 2 is 1.86 bits per heavy atom. The van der Waals surface area contributed by atoms with Crippen LogP contribution >= 0.6 is 22.9 Å². The fourth-order valence-corrected chi connectivity index (χ4v) is 6.13. The molecule has 1 saturated heterocycles. The van der Waals surface area contributed by atoms with Crippen molar-refractivity contribution in [1.29, 1.82) is 0 Å². The molecule has 0 bridgehead atoms. The fraction of sp³-hybridized carbons (Fsp3) is 0.778. The van der Waals surface area contributed by atoms with E-state index in [2.05, 4.69) is 17.2 Å². The maximum Gasteiger partial charge on any atom is 0.324 e. The average Bonchev–Trinajstić information content (AvgIpc) is 3.08. The van der Waals surface area contributed by atoms with E-state index < -0.39 is 10.0 Å². The third kappa shape index (κ3) is 5.17. The van der Waals surface area contributed by atoms with Gasteiger partial charge in [-0.2, -0.15) is 0 Å². The molecule has 1 N–H and O–H groups in total. The smallest absolute Gasteiger partial charge is 0.318 e. The third-order valence-electron chi connectivity index (χ3n) is 5.88. The van der Waals surface area contributed by atoms with Gasteiger partial charge in [0, 0.05) is 25.2 Å². The van der Waals surface area contributed by atoms with Crippen LogP contribution in [0.4, 0.5) is 9.93 Å². The molecule has 1 saturated carbocycles. The summed E-state index contributed by atoms with van der Waals surface area (Å²) in [7, 11) is -3.18. The molecule has 1 aromatic heterocycles. The van der Waals surface area contributed by atoms with Crippen LogP contribution in [0.1, 0.15) is 52.4 Å². The van der Waals surface area contributed by atoms with Gasteiger partial charge in [-0.05, 0) is 51.4 Å². The first-order valence-corrected chi connectivity index (χ1v) is 12.8. The lowest BCUT2D eigenvalue weighted by molar-refractivity contribution is 0.0979. The Bertz CT molecular complexity index is 770. The van der Waals surface area contributed by atoms with Gasteiger partial charge in [0.15, 0.2) is 5.13 Å². The predicted molar refractivity (Wildman–Crippen MR) is 113 cm³/mol. The highest BCUT2D eigenvalue weighted by molar-refractivity contribution is 7.89. The van der Waals surface area contributed by atoms with Crippen molar-refractivity contribution in [3.8, 4) is 0 Å². The molecule has 10 heteroatoms. The molecule has 2 heterocycles. The van der Waals surface area contributed by atoms with Gasteiger partial charge in [-0.1, -0.05) is 29.9 Å². The van der Waals surface area contributed by atoms with E-state index in [0.29, 0.717) is 41.3 Å². The molecule has 0 spiro atoms. The van der Waals surface area contributed by atoms with E-state index >= 15 is 0 Å². The van der Waals surface area contributed by atoms with Crippen molar-refractivity contribution in [2.45, 2.75) is 64.5 Å². The number of aromatic nitrogens is 1. The predicted octanol–water partition coefficient (Wildman–Crippen LogP) is 4.02. The first kappa shape index (κ1) is 21.8. The summed E-state index contributed by atoms with van der Waals surface area (Å²) in [4.78, 5) is 19.2. The van der Waals surface area contributed by atoms with Crippen molar-refractivity contribution in [2.24, 2.45) is 5.92 Å². The highest BCUT2D eigenvalue weighted by atomic mass is 35.5. The van der Waals surface area contributed by atoms with Crippen LogP contribution < -0.4 is 5.32 Å². The Labute approximate surface area is 176 Å². The van der Waals surface area contributed by atoms with Gasteiger partial charge in [-0.3, -0.25) is 5.32 Å².